The van der Waals surface area contributed by atoms with Gasteiger partial charge < -0.3 is 11.1 Å². The third kappa shape index (κ3) is 2.63. The normalized spacial score (nSPS) is 10.1. The number of nitrogens with two attached hydrogens (primary N) is 1. The predicted molar refractivity (Wildman–Crippen MR) is 60.8 cm³/mol. The van der Waals surface area contributed by atoms with Crippen LogP contribution in [0.2, 0.25) is 0 Å². The van der Waals surface area contributed by atoms with Crippen LogP contribution in [0.15, 0.2) is 23.4 Å². The monoisotopic (exact) mass is 221 g/mol. The van der Waals surface area contributed by atoms with E-state index in [2.05, 4.69) is 20.3 Å². The Hall–Kier alpha value is -1.69. The number of hydrogen-bond donors (Lipinski definition) is 2. The average molecular weight is 221 g/mol. The van der Waals surface area contributed by atoms with Crippen LogP contribution in [-0.4, -0.2) is 21.5 Å². The Morgan fingerprint density at radius 1 is 1.40 bits per heavy atom. The van der Waals surface area contributed by atoms with E-state index in [0.29, 0.717) is 11.5 Å². The van der Waals surface area contributed by atoms with Crippen molar-refractivity contribution in [3.05, 3.63) is 29.1 Å². The smallest absolute Gasteiger partial charge is 0.152 e. The summed E-state index contributed by atoms with van der Waals surface area (Å²) in [7, 11) is 0. The molecular weight excluding hydrogens is 210 g/mol. The minimum absolute atomic E-state index is 0.566. The van der Waals surface area contributed by atoms with Crippen LogP contribution in [0.3, 0.4) is 0 Å². The number of nitrogens with one attached hydrogen (secondary N) is 1. The van der Waals surface area contributed by atoms with Gasteiger partial charge in [0, 0.05) is 18.3 Å². The summed E-state index contributed by atoms with van der Waals surface area (Å²) < 4.78 is 0. The Labute approximate surface area is 91.4 Å². The zero-order valence-electron chi connectivity index (χ0n) is 8.05. The first kappa shape index (κ1) is 9.85. The number of nitrogens with zero attached hydrogens (tertiary/aromatic N) is 3. The van der Waals surface area contributed by atoms with Crippen molar-refractivity contribution in [2.24, 2.45) is 0 Å². The van der Waals surface area contributed by atoms with Crippen molar-refractivity contribution in [1.29, 1.82) is 0 Å². The molecule has 0 aromatic carbocycles. The highest BCUT2D eigenvalue weighted by molar-refractivity contribution is 7.07. The molecule has 5 nitrogen and oxygen atoms in total. The molecule has 0 aliphatic rings. The van der Waals surface area contributed by atoms with Crippen LogP contribution in [0.1, 0.15) is 5.69 Å². The fraction of sp³-hybridized carbons (Fsp3) is 0.222. The zero-order chi connectivity index (χ0) is 10.5. The molecule has 3 N–H and O–H groups in total. The van der Waals surface area contributed by atoms with Crippen LogP contribution in [-0.2, 0) is 6.42 Å². The van der Waals surface area contributed by atoms with Gasteiger partial charge in [0.05, 0.1) is 23.1 Å². The number of nitrogen functional groups attached to an aromatic ring is 1. The van der Waals surface area contributed by atoms with Crippen molar-refractivity contribution >= 4 is 22.8 Å². The van der Waals surface area contributed by atoms with Crippen molar-refractivity contribution in [3.8, 4) is 0 Å². The molecule has 0 bridgehead atoms. The topological polar surface area (TPSA) is 76.7 Å². The molecule has 2 aromatic heterocycles. The fourth-order valence-electron chi connectivity index (χ4n) is 1.16. The first-order valence-corrected chi connectivity index (χ1v) is 5.47. The predicted octanol–water partition coefficient (Wildman–Crippen LogP) is 1.17. The minimum Gasteiger partial charge on any atom is -0.394 e. The maximum absolute atomic E-state index is 5.68. The molecule has 0 spiro atoms. The lowest BCUT2D eigenvalue weighted by atomic mass is 10.3. The fourth-order valence-corrected chi connectivity index (χ4v) is 1.75. The van der Waals surface area contributed by atoms with Crippen molar-refractivity contribution in [3.63, 3.8) is 0 Å². The Morgan fingerprint density at radius 2 is 2.33 bits per heavy atom. The molecule has 0 unspecified atom stereocenters. The van der Waals surface area contributed by atoms with E-state index >= 15 is 0 Å². The minimum atomic E-state index is 0.566. The van der Waals surface area contributed by atoms with Gasteiger partial charge >= 0.3 is 0 Å². The Bertz CT molecular complexity index is 414. The molecule has 78 valence electrons. The Balaban J connectivity index is 1.86. The third-order valence-electron chi connectivity index (χ3n) is 1.90. The molecule has 0 radical (unpaired) electrons. The van der Waals surface area contributed by atoms with Gasteiger partial charge in [0.15, 0.2) is 5.82 Å². The maximum Gasteiger partial charge on any atom is 0.152 e. The summed E-state index contributed by atoms with van der Waals surface area (Å²) in [4.78, 5) is 12.0. The summed E-state index contributed by atoms with van der Waals surface area (Å²) in [5, 5.41) is 5.17. The lowest BCUT2D eigenvalue weighted by molar-refractivity contribution is 0.965. The standard InChI is InChI=1S/C9H11N5S/c10-8-3-11-5-13-9(8)12-2-1-7-4-15-6-14-7/h3-6H,1-2,10H2,(H,11,12,13). The van der Waals surface area contributed by atoms with Gasteiger partial charge in [-0.1, -0.05) is 0 Å². The van der Waals surface area contributed by atoms with E-state index in [9.17, 15) is 0 Å². The van der Waals surface area contributed by atoms with Gasteiger partial charge in [0.25, 0.3) is 0 Å². The molecule has 0 atom stereocenters. The summed E-state index contributed by atoms with van der Waals surface area (Å²) in [5.74, 6) is 0.681. The van der Waals surface area contributed by atoms with Gasteiger partial charge in [-0.05, 0) is 0 Å². The van der Waals surface area contributed by atoms with Crippen LogP contribution < -0.4 is 11.1 Å². The number of aromatic nitrogens is 3. The van der Waals surface area contributed by atoms with E-state index in [0.717, 1.165) is 18.7 Å². The lowest BCUT2D eigenvalue weighted by Crippen LogP contribution is -2.08. The first-order valence-electron chi connectivity index (χ1n) is 4.52. The highest BCUT2D eigenvalue weighted by atomic mass is 32.1. The van der Waals surface area contributed by atoms with Gasteiger partial charge in [0.2, 0.25) is 0 Å². The van der Waals surface area contributed by atoms with E-state index in [1.54, 1.807) is 17.5 Å². The molecule has 0 aliphatic carbocycles. The number of hydrogen-bond acceptors (Lipinski definition) is 6. The van der Waals surface area contributed by atoms with Crippen molar-refractivity contribution in [2.75, 3.05) is 17.6 Å². The van der Waals surface area contributed by atoms with Crippen molar-refractivity contribution < 1.29 is 0 Å². The molecule has 2 aromatic rings. The SMILES string of the molecule is Nc1cncnc1NCCc1cscn1. The molecule has 0 saturated carbocycles. The summed E-state index contributed by atoms with van der Waals surface area (Å²) >= 11 is 1.60. The lowest BCUT2D eigenvalue weighted by Gasteiger charge is -2.05. The van der Waals surface area contributed by atoms with Gasteiger partial charge in [-0.2, -0.15) is 0 Å². The highest BCUT2D eigenvalue weighted by Gasteiger charge is 1.99. The van der Waals surface area contributed by atoms with Gasteiger partial charge in [-0.3, -0.25) is 0 Å². The highest BCUT2D eigenvalue weighted by Crippen LogP contribution is 2.11. The number of anilines is 2. The van der Waals surface area contributed by atoms with E-state index in [4.69, 9.17) is 5.73 Å². The largest absolute Gasteiger partial charge is 0.394 e. The average Bonchev–Trinajstić information content (AvgIpc) is 2.74. The summed E-state index contributed by atoms with van der Waals surface area (Å²) in [6, 6.07) is 0. The molecule has 0 fully saturated rings. The molecule has 0 saturated heterocycles. The molecule has 2 heterocycles. The van der Waals surface area contributed by atoms with Crippen LogP contribution in [0.25, 0.3) is 0 Å². The van der Waals surface area contributed by atoms with Gasteiger partial charge in [-0.25, -0.2) is 15.0 Å². The summed E-state index contributed by atoms with van der Waals surface area (Å²) in [6.07, 6.45) is 3.92. The molecule has 0 aliphatic heterocycles. The zero-order valence-corrected chi connectivity index (χ0v) is 8.87. The number of rotatable bonds is 4. The molecular formula is C9H11N5S. The summed E-state index contributed by atoms with van der Waals surface area (Å²) in [6.45, 7) is 0.769. The first-order chi connectivity index (χ1) is 7.36. The van der Waals surface area contributed by atoms with Crippen LogP contribution in [0.5, 0.6) is 0 Å². The van der Waals surface area contributed by atoms with Crippen molar-refractivity contribution in [1.82, 2.24) is 15.0 Å². The molecule has 6 heteroatoms. The quantitative estimate of drug-likeness (QED) is 0.810. The van der Waals surface area contributed by atoms with Gasteiger partial charge in [0.1, 0.15) is 6.33 Å². The second kappa shape index (κ2) is 4.70. The van der Waals surface area contributed by atoms with E-state index in [1.807, 2.05) is 10.9 Å². The second-order valence-corrected chi connectivity index (χ2v) is 3.70. The van der Waals surface area contributed by atoms with Gasteiger partial charge in [-0.15, -0.1) is 11.3 Å². The Morgan fingerprint density at radius 3 is 3.07 bits per heavy atom. The van der Waals surface area contributed by atoms with Crippen molar-refractivity contribution in [2.45, 2.75) is 6.42 Å². The third-order valence-corrected chi connectivity index (χ3v) is 2.53. The van der Waals surface area contributed by atoms with Crippen LogP contribution in [0, 0.1) is 0 Å². The number of thiazole rings is 1. The second-order valence-electron chi connectivity index (χ2n) is 2.98. The van der Waals surface area contributed by atoms with E-state index in [1.165, 1.54) is 6.33 Å². The summed E-state index contributed by atoms with van der Waals surface area (Å²) in [5.41, 5.74) is 9.16. The van der Waals surface area contributed by atoms with E-state index in [-0.39, 0.29) is 0 Å². The molecule has 2 rings (SSSR count). The van der Waals surface area contributed by atoms with Crippen LogP contribution in [0.4, 0.5) is 11.5 Å². The van der Waals surface area contributed by atoms with Crippen LogP contribution >= 0.6 is 11.3 Å². The Kier molecular flexibility index (Phi) is 3.08. The van der Waals surface area contributed by atoms with E-state index < -0.39 is 0 Å². The molecule has 0 amide bonds. The molecule has 15 heavy (non-hydrogen) atoms. The maximum atomic E-state index is 5.68.